The van der Waals surface area contributed by atoms with E-state index < -0.39 is 0 Å². The molecule has 0 unspecified atom stereocenters. The van der Waals surface area contributed by atoms with Crippen LogP contribution in [0.25, 0.3) is 5.69 Å². The topological polar surface area (TPSA) is 64.7 Å². The number of carbonyl (C=O) groups is 1. The van der Waals surface area contributed by atoms with Gasteiger partial charge in [-0.05, 0) is 42.5 Å². The van der Waals surface area contributed by atoms with Gasteiger partial charge in [-0.2, -0.15) is 10.2 Å². The van der Waals surface area contributed by atoms with Crippen molar-refractivity contribution in [3.05, 3.63) is 66.0 Å². The second-order valence-electron chi connectivity index (χ2n) is 8.12. The van der Waals surface area contributed by atoms with E-state index in [9.17, 15) is 9.18 Å². The number of fused-ring (bicyclic) bond motifs is 1. The minimum absolute atomic E-state index is 0.00195. The van der Waals surface area contributed by atoms with Gasteiger partial charge in [0.25, 0.3) is 0 Å². The average Bonchev–Trinajstić information content (AvgIpc) is 3.28. The van der Waals surface area contributed by atoms with E-state index in [4.69, 9.17) is 0 Å². The van der Waals surface area contributed by atoms with Crippen molar-refractivity contribution >= 4 is 5.91 Å². The number of aryl methyl sites for hydroxylation is 1. The lowest BCUT2D eigenvalue weighted by atomic mass is 9.74. The summed E-state index contributed by atoms with van der Waals surface area (Å²) >= 11 is 0. The molecule has 0 saturated carbocycles. The van der Waals surface area contributed by atoms with Crippen molar-refractivity contribution in [1.82, 2.24) is 24.9 Å². The lowest BCUT2D eigenvalue weighted by molar-refractivity contribution is -0.122. The van der Waals surface area contributed by atoms with E-state index in [2.05, 4.69) is 29.4 Å². The number of benzene rings is 1. The highest BCUT2D eigenvalue weighted by molar-refractivity contribution is 5.76. The molecular weight excluding hydrogens is 357 g/mol. The predicted molar refractivity (Wildman–Crippen MR) is 103 cm³/mol. The number of halogens is 1. The molecule has 1 amide bonds. The van der Waals surface area contributed by atoms with Gasteiger partial charge in [0.15, 0.2) is 0 Å². The number of hydrogen-bond donors (Lipinski definition) is 1. The smallest absolute Gasteiger partial charge is 0.222 e. The normalized spacial score (nSPS) is 17.9. The summed E-state index contributed by atoms with van der Waals surface area (Å²) in [7, 11) is 0. The molecule has 0 aliphatic heterocycles. The Hall–Kier alpha value is -2.96. The highest BCUT2D eigenvalue weighted by Gasteiger charge is 2.36. The third-order valence-corrected chi connectivity index (χ3v) is 5.19. The first-order valence-corrected chi connectivity index (χ1v) is 9.51. The van der Waals surface area contributed by atoms with Crippen molar-refractivity contribution in [3.63, 3.8) is 0 Å². The van der Waals surface area contributed by atoms with Crippen LogP contribution in [0.3, 0.4) is 0 Å². The van der Waals surface area contributed by atoms with Gasteiger partial charge < -0.3 is 5.32 Å². The number of carbonyl (C=O) groups excluding carboxylic acids is 1. The first-order chi connectivity index (χ1) is 13.4. The molecule has 0 radical (unpaired) electrons. The zero-order valence-electron chi connectivity index (χ0n) is 16.1. The molecule has 3 aromatic rings. The minimum atomic E-state index is -0.291. The molecule has 0 spiro atoms. The number of amides is 1. The van der Waals surface area contributed by atoms with Gasteiger partial charge in [0.2, 0.25) is 5.91 Å². The molecule has 1 N–H and O–H groups in total. The summed E-state index contributed by atoms with van der Waals surface area (Å²) < 4.78 is 17.2. The van der Waals surface area contributed by atoms with E-state index in [1.165, 1.54) is 12.1 Å². The Balaban J connectivity index is 1.56. The number of nitrogens with one attached hydrogen (secondary N) is 1. The Morgan fingerprint density at radius 1 is 1.32 bits per heavy atom. The lowest BCUT2D eigenvalue weighted by Crippen LogP contribution is -2.37. The maximum Gasteiger partial charge on any atom is 0.222 e. The van der Waals surface area contributed by atoms with Gasteiger partial charge in [0, 0.05) is 30.9 Å². The van der Waals surface area contributed by atoms with Crippen molar-refractivity contribution < 1.29 is 9.18 Å². The summed E-state index contributed by atoms with van der Waals surface area (Å²) in [6, 6.07) is 8.16. The van der Waals surface area contributed by atoms with Gasteiger partial charge in [-0.3, -0.25) is 9.48 Å². The molecule has 1 aliphatic rings. The fourth-order valence-electron chi connectivity index (χ4n) is 3.92. The third-order valence-electron chi connectivity index (χ3n) is 5.19. The maximum atomic E-state index is 13.7. The molecule has 0 saturated heterocycles. The summed E-state index contributed by atoms with van der Waals surface area (Å²) in [4.78, 5) is 12.5. The lowest BCUT2D eigenvalue weighted by Gasteiger charge is -2.36. The third kappa shape index (κ3) is 3.83. The molecule has 6 nitrogen and oxygen atoms in total. The largest absolute Gasteiger partial charge is 0.349 e. The van der Waals surface area contributed by atoms with Crippen LogP contribution in [0.1, 0.15) is 44.0 Å². The molecule has 0 fully saturated rings. The van der Waals surface area contributed by atoms with Crippen molar-refractivity contribution in [2.75, 3.05) is 0 Å². The second-order valence-corrected chi connectivity index (χ2v) is 8.12. The Kier molecular flexibility index (Phi) is 4.75. The summed E-state index contributed by atoms with van der Waals surface area (Å²) in [6.07, 6.45) is 7.37. The monoisotopic (exact) mass is 381 g/mol. The zero-order valence-corrected chi connectivity index (χ0v) is 16.1. The predicted octanol–water partition coefficient (Wildman–Crippen LogP) is 3.43. The summed E-state index contributed by atoms with van der Waals surface area (Å²) in [5.74, 6) is -0.303. The van der Waals surface area contributed by atoms with Gasteiger partial charge in [-0.25, -0.2) is 9.07 Å². The molecule has 1 aliphatic carbocycles. The van der Waals surface area contributed by atoms with Gasteiger partial charge in [-0.1, -0.05) is 19.9 Å². The number of nitrogens with zero attached hydrogens (tertiary/aromatic N) is 4. The van der Waals surface area contributed by atoms with Crippen LogP contribution in [0.15, 0.2) is 48.9 Å². The first-order valence-electron chi connectivity index (χ1n) is 9.51. The van der Waals surface area contributed by atoms with Crippen molar-refractivity contribution in [1.29, 1.82) is 0 Å². The summed E-state index contributed by atoms with van der Waals surface area (Å²) in [5, 5.41) is 11.8. The Morgan fingerprint density at radius 3 is 2.93 bits per heavy atom. The van der Waals surface area contributed by atoms with E-state index in [1.54, 1.807) is 27.8 Å². The van der Waals surface area contributed by atoms with E-state index >= 15 is 0 Å². The van der Waals surface area contributed by atoms with E-state index in [0.717, 1.165) is 24.1 Å². The highest BCUT2D eigenvalue weighted by Crippen LogP contribution is 2.41. The van der Waals surface area contributed by atoms with Crippen molar-refractivity contribution in [2.24, 2.45) is 5.41 Å². The molecule has 1 atom stereocenters. The Bertz CT molecular complexity index is 977. The number of aromatic nitrogens is 4. The molecule has 146 valence electrons. The highest BCUT2D eigenvalue weighted by atomic mass is 19.1. The van der Waals surface area contributed by atoms with Crippen LogP contribution in [0.4, 0.5) is 4.39 Å². The van der Waals surface area contributed by atoms with Crippen molar-refractivity contribution in [3.8, 4) is 5.69 Å². The zero-order chi connectivity index (χ0) is 19.7. The van der Waals surface area contributed by atoms with Crippen LogP contribution < -0.4 is 5.32 Å². The molecule has 28 heavy (non-hydrogen) atoms. The molecule has 0 bridgehead atoms. The fraction of sp³-hybridized carbons (Fsp3) is 0.381. The number of hydrogen-bond acceptors (Lipinski definition) is 3. The SMILES string of the molecule is CC1(C)Cc2c(cnn2-c2cccc(F)c2)[C@@H](NC(=O)CCn2cccn2)C1. The Labute approximate surface area is 163 Å². The molecule has 7 heteroatoms. The van der Waals surface area contributed by atoms with Crippen LogP contribution in [-0.4, -0.2) is 25.5 Å². The molecule has 2 aromatic heterocycles. The Morgan fingerprint density at radius 2 is 2.18 bits per heavy atom. The fourth-order valence-corrected chi connectivity index (χ4v) is 3.92. The van der Waals surface area contributed by atoms with Crippen LogP contribution in [-0.2, 0) is 17.8 Å². The summed E-state index contributed by atoms with van der Waals surface area (Å²) in [6.45, 7) is 4.91. The van der Waals surface area contributed by atoms with E-state index in [-0.39, 0.29) is 23.2 Å². The molecule has 2 heterocycles. The van der Waals surface area contributed by atoms with Crippen LogP contribution >= 0.6 is 0 Å². The van der Waals surface area contributed by atoms with E-state index in [0.29, 0.717) is 18.7 Å². The van der Waals surface area contributed by atoms with Gasteiger partial charge >= 0.3 is 0 Å². The first kappa shape index (κ1) is 18.4. The molecule has 1 aromatic carbocycles. The van der Waals surface area contributed by atoms with Crippen LogP contribution in [0, 0.1) is 11.2 Å². The second kappa shape index (κ2) is 7.22. The molecule has 4 rings (SSSR count). The standard InChI is InChI=1S/C21H24FN5O/c1-21(2)12-18(25-20(28)7-10-26-9-4-8-23-26)17-14-24-27(19(17)13-21)16-6-3-5-15(22)11-16/h3-6,8-9,11,14,18H,7,10,12-13H2,1-2H3,(H,25,28)/t18-/m0/s1. The number of rotatable bonds is 5. The van der Waals surface area contributed by atoms with Crippen LogP contribution in [0.2, 0.25) is 0 Å². The summed E-state index contributed by atoms with van der Waals surface area (Å²) in [5.41, 5.74) is 2.73. The van der Waals surface area contributed by atoms with E-state index in [1.807, 2.05) is 18.3 Å². The van der Waals surface area contributed by atoms with Gasteiger partial charge in [0.05, 0.1) is 23.6 Å². The maximum absolute atomic E-state index is 13.7. The molecular formula is C21H24FN5O. The van der Waals surface area contributed by atoms with Crippen molar-refractivity contribution in [2.45, 2.75) is 45.7 Å². The average molecular weight is 381 g/mol. The van der Waals surface area contributed by atoms with Gasteiger partial charge in [-0.15, -0.1) is 0 Å². The minimum Gasteiger partial charge on any atom is -0.349 e. The van der Waals surface area contributed by atoms with Crippen LogP contribution in [0.5, 0.6) is 0 Å². The quantitative estimate of drug-likeness (QED) is 0.736. The van der Waals surface area contributed by atoms with Gasteiger partial charge in [0.1, 0.15) is 5.82 Å².